The van der Waals surface area contributed by atoms with Gasteiger partial charge in [0.1, 0.15) is 0 Å². The van der Waals surface area contributed by atoms with E-state index in [2.05, 4.69) is 4.98 Å². The molecule has 1 heterocycles. The SMILES string of the molecule is N#CCCCCS(=O)(=O)c1ccccn1. The van der Waals surface area contributed by atoms with Crippen LogP contribution in [0.5, 0.6) is 0 Å². The molecule has 0 aliphatic carbocycles. The van der Waals surface area contributed by atoms with Crippen LogP contribution in [0.15, 0.2) is 29.4 Å². The topological polar surface area (TPSA) is 70.8 Å². The molecular formula is C10H12N2O2S. The smallest absolute Gasteiger partial charge is 0.195 e. The van der Waals surface area contributed by atoms with Crippen molar-refractivity contribution in [2.45, 2.75) is 24.3 Å². The molecular weight excluding hydrogens is 212 g/mol. The van der Waals surface area contributed by atoms with E-state index in [0.717, 1.165) is 0 Å². The summed E-state index contributed by atoms with van der Waals surface area (Å²) in [6.45, 7) is 0. The third-order valence-electron chi connectivity index (χ3n) is 1.91. The molecule has 1 aromatic heterocycles. The van der Waals surface area contributed by atoms with Gasteiger partial charge in [-0.1, -0.05) is 6.07 Å². The lowest BCUT2D eigenvalue weighted by atomic mass is 10.3. The third-order valence-corrected chi connectivity index (χ3v) is 3.61. The van der Waals surface area contributed by atoms with Crippen LogP contribution in [0.25, 0.3) is 0 Å². The van der Waals surface area contributed by atoms with Gasteiger partial charge in [-0.05, 0) is 25.0 Å². The molecule has 0 unspecified atom stereocenters. The highest BCUT2D eigenvalue weighted by Crippen LogP contribution is 2.09. The lowest BCUT2D eigenvalue weighted by Gasteiger charge is -2.01. The second-order valence-electron chi connectivity index (χ2n) is 3.10. The number of sulfone groups is 1. The standard InChI is InChI=1S/C10H12N2O2S/c11-7-3-1-5-9-15(13,14)10-6-2-4-8-12-10/h2,4,6,8H,1,3,5,9H2. The highest BCUT2D eigenvalue weighted by molar-refractivity contribution is 7.91. The molecule has 0 amide bonds. The van der Waals surface area contributed by atoms with Gasteiger partial charge in [0, 0.05) is 12.6 Å². The van der Waals surface area contributed by atoms with Gasteiger partial charge < -0.3 is 0 Å². The summed E-state index contributed by atoms with van der Waals surface area (Å²) >= 11 is 0. The average molecular weight is 224 g/mol. The maximum Gasteiger partial charge on any atom is 0.195 e. The van der Waals surface area contributed by atoms with Crippen LogP contribution in [-0.2, 0) is 9.84 Å². The maximum atomic E-state index is 11.6. The zero-order chi connectivity index (χ0) is 11.1. The van der Waals surface area contributed by atoms with Crippen molar-refractivity contribution < 1.29 is 8.42 Å². The van der Waals surface area contributed by atoms with E-state index in [4.69, 9.17) is 5.26 Å². The number of unbranched alkanes of at least 4 members (excludes halogenated alkanes) is 2. The average Bonchev–Trinajstić information content (AvgIpc) is 2.26. The predicted molar refractivity (Wildman–Crippen MR) is 55.8 cm³/mol. The Hall–Kier alpha value is -1.41. The first-order valence-corrected chi connectivity index (χ1v) is 6.33. The van der Waals surface area contributed by atoms with E-state index in [1.807, 2.05) is 6.07 Å². The Morgan fingerprint density at radius 1 is 1.33 bits per heavy atom. The van der Waals surface area contributed by atoms with E-state index < -0.39 is 9.84 Å². The van der Waals surface area contributed by atoms with Crippen LogP contribution >= 0.6 is 0 Å². The Labute approximate surface area is 89.5 Å². The van der Waals surface area contributed by atoms with Crippen molar-refractivity contribution >= 4 is 9.84 Å². The van der Waals surface area contributed by atoms with Crippen LogP contribution in [-0.4, -0.2) is 19.2 Å². The molecule has 0 aliphatic rings. The maximum absolute atomic E-state index is 11.6. The van der Waals surface area contributed by atoms with Crippen LogP contribution in [0.2, 0.25) is 0 Å². The second-order valence-corrected chi connectivity index (χ2v) is 5.16. The Morgan fingerprint density at radius 3 is 2.73 bits per heavy atom. The van der Waals surface area contributed by atoms with E-state index in [1.165, 1.54) is 12.3 Å². The van der Waals surface area contributed by atoms with Crippen molar-refractivity contribution in [3.63, 3.8) is 0 Å². The molecule has 0 spiro atoms. The summed E-state index contributed by atoms with van der Waals surface area (Å²) < 4.78 is 23.3. The first-order valence-electron chi connectivity index (χ1n) is 4.67. The Balaban J connectivity index is 2.58. The lowest BCUT2D eigenvalue weighted by Crippen LogP contribution is -2.08. The molecule has 0 N–H and O–H groups in total. The summed E-state index contributed by atoms with van der Waals surface area (Å²) in [4.78, 5) is 3.80. The molecule has 1 rings (SSSR count). The Bertz CT molecular complexity index is 434. The summed E-state index contributed by atoms with van der Waals surface area (Å²) in [5.41, 5.74) is 0. The molecule has 0 saturated carbocycles. The zero-order valence-corrected chi connectivity index (χ0v) is 9.07. The van der Waals surface area contributed by atoms with E-state index in [0.29, 0.717) is 19.3 Å². The molecule has 0 aliphatic heterocycles. The first kappa shape index (κ1) is 11.7. The van der Waals surface area contributed by atoms with Crippen LogP contribution in [0.4, 0.5) is 0 Å². The lowest BCUT2D eigenvalue weighted by molar-refractivity contribution is 0.588. The van der Waals surface area contributed by atoms with Crippen molar-refractivity contribution in [1.82, 2.24) is 4.98 Å². The number of hydrogen-bond acceptors (Lipinski definition) is 4. The molecule has 0 atom stereocenters. The summed E-state index contributed by atoms with van der Waals surface area (Å²) in [6, 6.07) is 6.79. The quantitative estimate of drug-likeness (QED) is 0.711. The normalized spacial score (nSPS) is 10.9. The number of pyridine rings is 1. The van der Waals surface area contributed by atoms with Crippen molar-refractivity contribution in [3.05, 3.63) is 24.4 Å². The Kier molecular flexibility index (Phi) is 4.25. The van der Waals surface area contributed by atoms with E-state index >= 15 is 0 Å². The largest absolute Gasteiger partial charge is 0.245 e. The van der Waals surface area contributed by atoms with Crippen LogP contribution in [0.1, 0.15) is 19.3 Å². The predicted octanol–water partition coefficient (Wildman–Crippen LogP) is 1.55. The number of nitriles is 1. The van der Waals surface area contributed by atoms with Crippen LogP contribution in [0.3, 0.4) is 0 Å². The number of rotatable bonds is 5. The summed E-state index contributed by atoms with van der Waals surface area (Å²) in [6.07, 6.45) is 2.98. The van der Waals surface area contributed by atoms with Crippen molar-refractivity contribution in [1.29, 1.82) is 5.26 Å². The second kappa shape index (κ2) is 5.47. The molecule has 4 nitrogen and oxygen atoms in total. The van der Waals surface area contributed by atoms with Gasteiger partial charge >= 0.3 is 0 Å². The van der Waals surface area contributed by atoms with Gasteiger partial charge in [-0.2, -0.15) is 5.26 Å². The van der Waals surface area contributed by atoms with Gasteiger partial charge in [-0.15, -0.1) is 0 Å². The Morgan fingerprint density at radius 2 is 2.13 bits per heavy atom. The highest BCUT2D eigenvalue weighted by Gasteiger charge is 2.14. The highest BCUT2D eigenvalue weighted by atomic mass is 32.2. The zero-order valence-electron chi connectivity index (χ0n) is 8.26. The molecule has 0 fully saturated rings. The van der Waals surface area contributed by atoms with Crippen molar-refractivity contribution in [2.24, 2.45) is 0 Å². The van der Waals surface area contributed by atoms with Gasteiger partial charge in [0.15, 0.2) is 14.9 Å². The molecule has 0 radical (unpaired) electrons. The molecule has 0 saturated heterocycles. The minimum atomic E-state index is -3.26. The fourth-order valence-corrected chi connectivity index (χ4v) is 2.43. The number of hydrogen-bond donors (Lipinski definition) is 0. The first-order chi connectivity index (χ1) is 7.17. The van der Waals surface area contributed by atoms with Crippen molar-refractivity contribution in [2.75, 3.05) is 5.75 Å². The molecule has 5 heteroatoms. The minimum absolute atomic E-state index is 0.0612. The van der Waals surface area contributed by atoms with E-state index in [9.17, 15) is 8.42 Å². The van der Waals surface area contributed by atoms with Crippen molar-refractivity contribution in [3.8, 4) is 6.07 Å². The number of nitrogens with zero attached hydrogens (tertiary/aromatic N) is 2. The molecule has 1 aromatic rings. The summed E-state index contributed by atoms with van der Waals surface area (Å²) in [5.74, 6) is 0.0612. The molecule has 15 heavy (non-hydrogen) atoms. The number of aromatic nitrogens is 1. The van der Waals surface area contributed by atoms with Gasteiger partial charge in [0.2, 0.25) is 0 Å². The van der Waals surface area contributed by atoms with Crippen LogP contribution < -0.4 is 0 Å². The minimum Gasteiger partial charge on any atom is -0.245 e. The molecule has 0 bridgehead atoms. The summed E-state index contributed by atoms with van der Waals surface area (Å²) in [7, 11) is -3.26. The van der Waals surface area contributed by atoms with E-state index in [1.54, 1.807) is 12.1 Å². The van der Waals surface area contributed by atoms with Gasteiger partial charge in [-0.25, -0.2) is 13.4 Å². The van der Waals surface area contributed by atoms with Crippen LogP contribution in [0, 0.1) is 11.3 Å². The third kappa shape index (κ3) is 3.68. The summed E-state index contributed by atoms with van der Waals surface area (Å²) in [5, 5.41) is 8.41. The van der Waals surface area contributed by atoms with Gasteiger partial charge in [0.05, 0.1) is 11.8 Å². The van der Waals surface area contributed by atoms with Gasteiger partial charge in [0.25, 0.3) is 0 Å². The molecule has 0 aromatic carbocycles. The fourth-order valence-electron chi connectivity index (χ4n) is 1.13. The fraction of sp³-hybridized carbons (Fsp3) is 0.400. The molecule has 80 valence electrons. The monoisotopic (exact) mass is 224 g/mol. The van der Waals surface area contributed by atoms with Gasteiger partial charge in [-0.3, -0.25) is 0 Å². The van der Waals surface area contributed by atoms with E-state index in [-0.39, 0.29) is 10.8 Å².